The van der Waals surface area contributed by atoms with Gasteiger partial charge in [0.1, 0.15) is 11.5 Å². The van der Waals surface area contributed by atoms with Crippen LogP contribution in [-0.2, 0) is 4.79 Å². The van der Waals surface area contributed by atoms with Crippen molar-refractivity contribution in [3.63, 3.8) is 0 Å². The topological polar surface area (TPSA) is 94.7 Å². The van der Waals surface area contributed by atoms with Gasteiger partial charge in [0.25, 0.3) is 0 Å². The zero-order chi connectivity index (χ0) is 19.2. The quantitative estimate of drug-likeness (QED) is 0.516. The van der Waals surface area contributed by atoms with Crippen LogP contribution in [0.25, 0.3) is 11.6 Å². The van der Waals surface area contributed by atoms with Crippen molar-refractivity contribution in [2.45, 2.75) is 0 Å². The number of amides is 1. The van der Waals surface area contributed by atoms with Crippen LogP contribution in [0.4, 0.5) is 0 Å². The monoisotopic (exact) mass is 362 g/mol. The van der Waals surface area contributed by atoms with Gasteiger partial charge in [-0.2, -0.15) is 0 Å². The summed E-state index contributed by atoms with van der Waals surface area (Å²) in [5, 5.41) is 9.93. The SMILES string of the molecule is COc1ccc(/C=C(/C(N)=O)c2cccc(Oc3ccncc3)c2)cc1O. The van der Waals surface area contributed by atoms with Crippen molar-refractivity contribution in [3.05, 3.63) is 78.1 Å². The van der Waals surface area contributed by atoms with E-state index in [1.165, 1.54) is 13.2 Å². The summed E-state index contributed by atoms with van der Waals surface area (Å²) in [4.78, 5) is 15.9. The number of pyridine rings is 1. The molecule has 1 aromatic heterocycles. The molecular weight excluding hydrogens is 344 g/mol. The van der Waals surface area contributed by atoms with Gasteiger partial charge in [-0.15, -0.1) is 0 Å². The van der Waals surface area contributed by atoms with E-state index in [0.717, 1.165) is 0 Å². The van der Waals surface area contributed by atoms with Crippen LogP contribution in [-0.4, -0.2) is 23.1 Å². The molecule has 3 aromatic rings. The fraction of sp³-hybridized carbons (Fsp3) is 0.0476. The third kappa shape index (κ3) is 4.43. The van der Waals surface area contributed by atoms with E-state index in [4.69, 9.17) is 15.2 Å². The lowest BCUT2D eigenvalue weighted by Crippen LogP contribution is -2.12. The lowest BCUT2D eigenvalue weighted by atomic mass is 10.0. The molecule has 0 spiro atoms. The highest BCUT2D eigenvalue weighted by atomic mass is 16.5. The van der Waals surface area contributed by atoms with Gasteiger partial charge in [-0.3, -0.25) is 9.78 Å². The van der Waals surface area contributed by atoms with Crippen molar-refractivity contribution in [1.82, 2.24) is 4.98 Å². The van der Waals surface area contributed by atoms with Gasteiger partial charge < -0.3 is 20.3 Å². The normalized spacial score (nSPS) is 11.1. The number of methoxy groups -OCH3 is 1. The van der Waals surface area contributed by atoms with Crippen molar-refractivity contribution in [1.29, 1.82) is 0 Å². The molecule has 0 aliphatic rings. The number of aromatic hydroxyl groups is 1. The average Bonchev–Trinajstić information content (AvgIpc) is 2.67. The maximum Gasteiger partial charge on any atom is 0.249 e. The molecule has 1 heterocycles. The fourth-order valence-electron chi connectivity index (χ4n) is 2.53. The summed E-state index contributed by atoms with van der Waals surface area (Å²) in [5.74, 6) is 0.923. The number of carbonyl (C=O) groups excluding carboxylic acids is 1. The number of benzene rings is 2. The third-order valence-electron chi connectivity index (χ3n) is 3.81. The zero-order valence-corrected chi connectivity index (χ0v) is 14.6. The average molecular weight is 362 g/mol. The van der Waals surface area contributed by atoms with Gasteiger partial charge in [0, 0.05) is 18.0 Å². The summed E-state index contributed by atoms with van der Waals surface area (Å²) in [6, 6.07) is 15.3. The van der Waals surface area contributed by atoms with E-state index >= 15 is 0 Å². The summed E-state index contributed by atoms with van der Waals surface area (Å²) in [6.07, 6.45) is 4.86. The molecule has 0 atom stereocenters. The van der Waals surface area contributed by atoms with Crippen LogP contribution in [0.2, 0.25) is 0 Å². The maximum atomic E-state index is 12.0. The van der Waals surface area contributed by atoms with E-state index < -0.39 is 5.91 Å². The highest BCUT2D eigenvalue weighted by Gasteiger charge is 2.11. The van der Waals surface area contributed by atoms with Gasteiger partial charge in [-0.05, 0) is 53.6 Å². The number of hydrogen-bond donors (Lipinski definition) is 2. The number of nitrogens with zero attached hydrogens (tertiary/aromatic N) is 1. The van der Waals surface area contributed by atoms with Crippen LogP contribution in [0.3, 0.4) is 0 Å². The number of aromatic nitrogens is 1. The number of rotatable bonds is 6. The Bertz CT molecular complexity index is 984. The molecule has 6 heteroatoms. The Balaban J connectivity index is 1.94. The zero-order valence-electron chi connectivity index (χ0n) is 14.6. The van der Waals surface area contributed by atoms with Gasteiger partial charge in [0.2, 0.25) is 5.91 Å². The van der Waals surface area contributed by atoms with Crippen molar-refractivity contribution in [3.8, 4) is 23.0 Å². The fourth-order valence-corrected chi connectivity index (χ4v) is 2.53. The number of hydrogen-bond acceptors (Lipinski definition) is 5. The smallest absolute Gasteiger partial charge is 0.249 e. The molecule has 0 unspecified atom stereocenters. The van der Waals surface area contributed by atoms with Crippen molar-refractivity contribution < 1.29 is 19.4 Å². The molecule has 0 aliphatic carbocycles. The molecule has 0 aliphatic heterocycles. The molecule has 6 nitrogen and oxygen atoms in total. The van der Waals surface area contributed by atoms with Crippen LogP contribution in [0, 0.1) is 0 Å². The van der Waals surface area contributed by atoms with E-state index in [2.05, 4.69) is 4.98 Å². The second-order valence-corrected chi connectivity index (χ2v) is 5.67. The van der Waals surface area contributed by atoms with E-state index in [-0.39, 0.29) is 5.75 Å². The first-order valence-electron chi connectivity index (χ1n) is 8.13. The van der Waals surface area contributed by atoms with Crippen molar-refractivity contribution in [2.75, 3.05) is 7.11 Å². The highest BCUT2D eigenvalue weighted by molar-refractivity contribution is 6.23. The molecule has 0 bridgehead atoms. The van der Waals surface area contributed by atoms with E-state index in [9.17, 15) is 9.90 Å². The predicted octanol–water partition coefficient (Wildman–Crippen LogP) is 3.61. The van der Waals surface area contributed by atoms with Gasteiger partial charge in [-0.1, -0.05) is 18.2 Å². The summed E-state index contributed by atoms with van der Waals surface area (Å²) in [5.41, 5.74) is 7.08. The second-order valence-electron chi connectivity index (χ2n) is 5.67. The summed E-state index contributed by atoms with van der Waals surface area (Å²) < 4.78 is 10.8. The number of primary amides is 1. The van der Waals surface area contributed by atoms with Crippen molar-refractivity contribution >= 4 is 17.6 Å². The van der Waals surface area contributed by atoms with Crippen LogP contribution < -0.4 is 15.2 Å². The molecule has 0 radical (unpaired) electrons. The standard InChI is InChI=1S/C21H18N2O4/c1-26-20-6-5-14(12-19(20)24)11-18(21(22)25)15-3-2-4-17(13-15)27-16-7-9-23-10-8-16/h2-13,24H,1H3,(H2,22,25)/b18-11+. The third-order valence-corrected chi connectivity index (χ3v) is 3.81. The number of phenols is 1. The number of ether oxygens (including phenoxy) is 2. The molecule has 0 saturated heterocycles. The maximum absolute atomic E-state index is 12.0. The number of phenolic OH excluding ortho intramolecular Hbond substituents is 1. The largest absolute Gasteiger partial charge is 0.504 e. The summed E-state index contributed by atoms with van der Waals surface area (Å²) >= 11 is 0. The Morgan fingerprint density at radius 1 is 1.07 bits per heavy atom. The van der Waals surface area contributed by atoms with Crippen LogP contribution in [0.15, 0.2) is 67.0 Å². The minimum absolute atomic E-state index is 0.0233. The minimum atomic E-state index is -0.591. The van der Waals surface area contributed by atoms with E-state index in [1.807, 2.05) is 0 Å². The molecule has 1 amide bonds. The minimum Gasteiger partial charge on any atom is -0.504 e. The van der Waals surface area contributed by atoms with Gasteiger partial charge in [0.15, 0.2) is 11.5 Å². The second kappa shape index (κ2) is 8.05. The predicted molar refractivity (Wildman–Crippen MR) is 102 cm³/mol. The van der Waals surface area contributed by atoms with Gasteiger partial charge >= 0.3 is 0 Å². The van der Waals surface area contributed by atoms with Crippen molar-refractivity contribution in [2.24, 2.45) is 5.73 Å². The molecule has 136 valence electrons. The van der Waals surface area contributed by atoms with Gasteiger partial charge in [-0.25, -0.2) is 0 Å². The Kier molecular flexibility index (Phi) is 5.37. The molecule has 0 saturated carbocycles. The first kappa shape index (κ1) is 18.0. The molecule has 2 aromatic carbocycles. The van der Waals surface area contributed by atoms with Crippen LogP contribution >= 0.6 is 0 Å². The first-order chi connectivity index (χ1) is 13.1. The number of nitrogens with two attached hydrogens (primary N) is 1. The molecule has 3 rings (SSSR count). The Morgan fingerprint density at radius 3 is 2.52 bits per heavy atom. The lowest BCUT2D eigenvalue weighted by Gasteiger charge is -2.09. The van der Waals surface area contributed by atoms with Gasteiger partial charge in [0.05, 0.1) is 7.11 Å². The van der Waals surface area contributed by atoms with E-state index in [0.29, 0.717) is 33.9 Å². The van der Waals surface area contributed by atoms with E-state index in [1.54, 1.807) is 67.0 Å². The number of carbonyl (C=O) groups is 1. The van der Waals surface area contributed by atoms with Crippen LogP contribution in [0.1, 0.15) is 11.1 Å². The molecule has 3 N–H and O–H groups in total. The summed E-state index contributed by atoms with van der Waals surface area (Å²) in [6.45, 7) is 0. The summed E-state index contributed by atoms with van der Waals surface area (Å²) in [7, 11) is 1.47. The Hall–Kier alpha value is -3.80. The molecule has 0 fully saturated rings. The van der Waals surface area contributed by atoms with Crippen LogP contribution in [0.5, 0.6) is 23.0 Å². The molecule has 27 heavy (non-hydrogen) atoms. The Morgan fingerprint density at radius 2 is 1.85 bits per heavy atom. The molecular formula is C21H18N2O4. The first-order valence-corrected chi connectivity index (χ1v) is 8.13. The highest BCUT2D eigenvalue weighted by Crippen LogP contribution is 2.29. The lowest BCUT2D eigenvalue weighted by molar-refractivity contribution is -0.112. The Labute approximate surface area is 156 Å².